The number of primary amides is 1. The van der Waals surface area contributed by atoms with Crippen molar-refractivity contribution in [2.24, 2.45) is 11.7 Å². The first-order valence-corrected chi connectivity index (χ1v) is 5.23. The van der Waals surface area contributed by atoms with E-state index in [1.165, 1.54) is 6.07 Å². The molecule has 5 N–H and O–H groups in total. The van der Waals surface area contributed by atoms with Crippen molar-refractivity contribution in [3.8, 4) is 0 Å². The van der Waals surface area contributed by atoms with E-state index in [0.29, 0.717) is 6.54 Å². The van der Waals surface area contributed by atoms with Crippen LogP contribution in [0.2, 0.25) is 0 Å². The molecule has 17 heavy (non-hydrogen) atoms. The van der Waals surface area contributed by atoms with Crippen molar-refractivity contribution >= 4 is 11.8 Å². The van der Waals surface area contributed by atoms with Gasteiger partial charge in [-0.25, -0.2) is 0 Å². The van der Waals surface area contributed by atoms with E-state index in [0.717, 1.165) is 0 Å². The molecule has 1 rings (SSSR count). The Balaban J connectivity index is 2.55. The van der Waals surface area contributed by atoms with E-state index in [-0.39, 0.29) is 17.3 Å². The summed E-state index contributed by atoms with van der Waals surface area (Å²) in [7, 11) is 0. The molecule has 94 valence electrons. The first kappa shape index (κ1) is 13.2. The normalized spacial score (nSPS) is 14.1. The Bertz CT molecular complexity index is 413. The summed E-state index contributed by atoms with van der Waals surface area (Å²) >= 11 is 0. The van der Waals surface area contributed by atoms with Crippen LogP contribution >= 0.6 is 0 Å². The molecule has 0 aromatic carbocycles. The fourth-order valence-electron chi connectivity index (χ4n) is 1.08. The number of aliphatic hydroxyl groups is 1. The number of carbonyl (C=O) groups excluding carboxylic acids is 2. The van der Waals surface area contributed by atoms with Crippen LogP contribution in [0.3, 0.4) is 0 Å². The lowest BCUT2D eigenvalue weighted by Gasteiger charge is -2.14. The lowest BCUT2D eigenvalue weighted by Crippen LogP contribution is -2.32. The Morgan fingerprint density at radius 2 is 2.24 bits per heavy atom. The molecule has 0 bridgehead atoms. The van der Waals surface area contributed by atoms with Crippen LogP contribution in [0.15, 0.2) is 6.07 Å². The van der Waals surface area contributed by atoms with Gasteiger partial charge in [-0.05, 0) is 12.8 Å². The number of hydrogen-bond acceptors (Lipinski definition) is 4. The molecule has 0 aliphatic rings. The van der Waals surface area contributed by atoms with Crippen LogP contribution in [-0.2, 0) is 0 Å². The number of aromatic nitrogens is 2. The molecule has 0 aliphatic carbocycles. The van der Waals surface area contributed by atoms with Gasteiger partial charge in [-0.2, -0.15) is 5.10 Å². The second-order valence-corrected chi connectivity index (χ2v) is 3.96. The molecule has 2 atom stereocenters. The second kappa shape index (κ2) is 5.44. The molecular weight excluding hydrogens is 224 g/mol. The van der Waals surface area contributed by atoms with Gasteiger partial charge in [-0.15, -0.1) is 0 Å². The van der Waals surface area contributed by atoms with E-state index in [2.05, 4.69) is 15.5 Å². The van der Waals surface area contributed by atoms with E-state index < -0.39 is 17.9 Å². The highest BCUT2D eigenvalue weighted by molar-refractivity contribution is 5.96. The molecule has 0 saturated heterocycles. The van der Waals surface area contributed by atoms with Crippen LogP contribution in [0.4, 0.5) is 0 Å². The largest absolute Gasteiger partial charge is 0.393 e. The molecule has 0 radical (unpaired) electrons. The average molecular weight is 240 g/mol. The van der Waals surface area contributed by atoms with Crippen LogP contribution < -0.4 is 11.1 Å². The van der Waals surface area contributed by atoms with Crippen LogP contribution in [0.5, 0.6) is 0 Å². The minimum Gasteiger partial charge on any atom is -0.393 e. The third-order valence-corrected chi connectivity index (χ3v) is 2.48. The van der Waals surface area contributed by atoms with Crippen LogP contribution in [-0.4, -0.2) is 39.8 Å². The molecule has 2 amide bonds. The Labute approximate surface area is 98.4 Å². The van der Waals surface area contributed by atoms with Gasteiger partial charge in [0.2, 0.25) is 0 Å². The Kier molecular flexibility index (Phi) is 4.22. The smallest absolute Gasteiger partial charge is 0.269 e. The van der Waals surface area contributed by atoms with Gasteiger partial charge in [0.15, 0.2) is 5.69 Å². The van der Waals surface area contributed by atoms with Gasteiger partial charge < -0.3 is 16.2 Å². The molecule has 1 heterocycles. The van der Waals surface area contributed by atoms with E-state index >= 15 is 0 Å². The van der Waals surface area contributed by atoms with E-state index in [4.69, 9.17) is 5.73 Å². The number of carbonyl (C=O) groups is 2. The summed E-state index contributed by atoms with van der Waals surface area (Å²) in [5.74, 6) is -1.15. The second-order valence-electron chi connectivity index (χ2n) is 3.96. The van der Waals surface area contributed by atoms with Crippen molar-refractivity contribution in [2.45, 2.75) is 20.0 Å². The summed E-state index contributed by atoms with van der Waals surface area (Å²) in [6, 6.07) is 1.28. The maximum Gasteiger partial charge on any atom is 0.269 e. The summed E-state index contributed by atoms with van der Waals surface area (Å²) in [4.78, 5) is 22.4. The number of nitrogens with zero attached hydrogens (tertiary/aromatic N) is 1. The molecular formula is C10H16N4O3. The lowest BCUT2D eigenvalue weighted by molar-refractivity contribution is 0.0912. The maximum absolute atomic E-state index is 11.6. The Hall–Kier alpha value is -1.89. The molecule has 0 saturated carbocycles. The monoisotopic (exact) mass is 240 g/mol. The SMILES string of the molecule is CC(O)C(C)CNC(=O)c1cc(C(N)=O)n[nH]1. The summed E-state index contributed by atoms with van der Waals surface area (Å²) in [5.41, 5.74) is 5.18. The molecule has 7 heteroatoms. The first-order chi connectivity index (χ1) is 7.91. The van der Waals surface area contributed by atoms with Gasteiger partial charge >= 0.3 is 0 Å². The van der Waals surface area contributed by atoms with Crippen molar-refractivity contribution in [1.29, 1.82) is 0 Å². The number of hydrogen-bond donors (Lipinski definition) is 4. The van der Waals surface area contributed by atoms with E-state index in [1.807, 2.05) is 6.92 Å². The minimum atomic E-state index is -0.697. The number of aromatic amines is 1. The lowest BCUT2D eigenvalue weighted by atomic mass is 10.1. The fraction of sp³-hybridized carbons (Fsp3) is 0.500. The van der Waals surface area contributed by atoms with Crippen LogP contribution in [0, 0.1) is 5.92 Å². The highest BCUT2D eigenvalue weighted by Gasteiger charge is 2.14. The van der Waals surface area contributed by atoms with Gasteiger partial charge in [-0.1, -0.05) is 6.92 Å². The Morgan fingerprint density at radius 3 is 2.71 bits per heavy atom. The topological polar surface area (TPSA) is 121 Å². The molecule has 0 spiro atoms. The molecule has 7 nitrogen and oxygen atoms in total. The quantitative estimate of drug-likeness (QED) is 0.541. The number of nitrogens with two attached hydrogens (primary N) is 1. The summed E-state index contributed by atoms with van der Waals surface area (Å²) in [5, 5.41) is 17.9. The van der Waals surface area contributed by atoms with Crippen molar-refractivity contribution in [3.63, 3.8) is 0 Å². The molecule has 2 unspecified atom stereocenters. The number of aliphatic hydroxyl groups excluding tert-OH is 1. The Morgan fingerprint density at radius 1 is 1.59 bits per heavy atom. The zero-order valence-electron chi connectivity index (χ0n) is 9.73. The minimum absolute atomic E-state index is 0.0127. The van der Waals surface area contributed by atoms with Crippen molar-refractivity contribution < 1.29 is 14.7 Å². The van der Waals surface area contributed by atoms with Crippen molar-refractivity contribution in [1.82, 2.24) is 15.5 Å². The van der Waals surface area contributed by atoms with Gasteiger partial charge in [0.25, 0.3) is 11.8 Å². The number of amides is 2. The first-order valence-electron chi connectivity index (χ1n) is 5.23. The number of H-pyrrole nitrogens is 1. The third-order valence-electron chi connectivity index (χ3n) is 2.48. The average Bonchev–Trinajstić information content (AvgIpc) is 2.74. The third kappa shape index (κ3) is 3.56. The zero-order valence-corrected chi connectivity index (χ0v) is 9.73. The predicted molar refractivity (Wildman–Crippen MR) is 60.3 cm³/mol. The highest BCUT2D eigenvalue weighted by atomic mass is 16.3. The van der Waals surface area contributed by atoms with Crippen LogP contribution in [0.25, 0.3) is 0 Å². The molecule has 1 aromatic heterocycles. The van der Waals surface area contributed by atoms with Crippen LogP contribution in [0.1, 0.15) is 34.8 Å². The van der Waals surface area contributed by atoms with E-state index in [9.17, 15) is 14.7 Å². The highest BCUT2D eigenvalue weighted by Crippen LogP contribution is 2.02. The molecule has 1 aromatic rings. The number of rotatable bonds is 5. The van der Waals surface area contributed by atoms with Gasteiger partial charge in [0, 0.05) is 12.6 Å². The zero-order chi connectivity index (χ0) is 13.0. The van der Waals surface area contributed by atoms with Gasteiger partial charge in [-0.3, -0.25) is 14.7 Å². The molecule has 0 aliphatic heterocycles. The summed E-state index contributed by atoms with van der Waals surface area (Å²) < 4.78 is 0. The maximum atomic E-state index is 11.6. The fourth-order valence-corrected chi connectivity index (χ4v) is 1.08. The number of nitrogens with one attached hydrogen (secondary N) is 2. The molecule has 0 fully saturated rings. The standard InChI is InChI=1S/C10H16N4O3/c1-5(6(2)15)4-12-10(17)8-3-7(9(11)16)13-14-8/h3,5-6,15H,4H2,1-2H3,(H2,11,16)(H,12,17)(H,13,14). The van der Waals surface area contributed by atoms with Crippen molar-refractivity contribution in [3.05, 3.63) is 17.5 Å². The summed E-state index contributed by atoms with van der Waals surface area (Å²) in [6.45, 7) is 3.80. The summed E-state index contributed by atoms with van der Waals surface area (Å²) in [6.07, 6.45) is -0.502. The van der Waals surface area contributed by atoms with Crippen molar-refractivity contribution in [2.75, 3.05) is 6.54 Å². The van der Waals surface area contributed by atoms with Gasteiger partial charge in [0.1, 0.15) is 5.69 Å². The van der Waals surface area contributed by atoms with Gasteiger partial charge in [0.05, 0.1) is 6.10 Å². The predicted octanol–water partition coefficient (Wildman–Crippen LogP) is -0.745. The van der Waals surface area contributed by atoms with E-state index in [1.54, 1.807) is 6.92 Å².